The number of amides is 1. The molecule has 0 aromatic heterocycles. The van der Waals surface area contributed by atoms with Crippen LogP contribution >= 0.6 is 0 Å². The van der Waals surface area contributed by atoms with Crippen LogP contribution in [0.2, 0.25) is 0 Å². The van der Waals surface area contributed by atoms with E-state index in [0.29, 0.717) is 19.6 Å². The number of rotatable bonds is 5. The second-order valence-corrected chi connectivity index (χ2v) is 6.99. The minimum Gasteiger partial charge on any atom is -0.353 e. The summed E-state index contributed by atoms with van der Waals surface area (Å²) in [6.45, 7) is 5.32. The average molecular weight is 262 g/mol. The van der Waals surface area contributed by atoms with Gasteiger partial charge in [0.15, 0.2) is 9.84 Å². The molecule has 1 rings (SSSR count). The van der Waals surface area contributed by atoms with Gasteiger partial charge >= 0.3 is 0 Å². The lowest BCUT2D eigenvalue weighted by Gasteiger charge is -2.26. The van der Waals surface area contributed by atoms with E-state index >= 15 is 0 Å². The number of carbonyl (C=O) groups excluding carboxylic acids is 1. The summed E-state index contributed by atoms with van der Waals surface area (Å²) < 4.78 is 22.4. The highest BCUT2D eigenvalue weighted by molar-refractivity contribution is 7.91. The first kappa shape index (κ1) is 14.4. The van der Waals surface area contributed by atoms with Crippen LogP contribution in [0, 0.1) is 0 Å². The van der Waals surface area contributed by atoms with Gasteiger partial charge in [-0.3, -0.25) is 9.69 Å². The van der Waals surface area contributed by atoms with E-state index in [9.17, 15) is 13.2 Å². The summed E-state index contributed by atoms with van der Waals surface area (Å²) in [5, 5.41) is 2.92. The summed E-state index contributed by atoms with van der Waals surface area (Å²) in [6, 6.07) is 0.195. The highest BCUT2D eigenvalue weighted by Crippen LogP contribution is 2.03. The molecule has 1 fully saturated rings. The molecular weight excluding hydrogens is 240 g/mol. The topological polar surface area (TPSA) is 66.5 Å². The fourth-order valence-corrected chi connectivity index (χ4v) is 3.21. The van der Waals surface area contributed by atoms with Crippen LogP contribution in [0.3, 0.4) is 0 Å². The first-order valence-corrected chi connectivity index (χ1v) is 7.97. The van der Waals surface area contributed by atoms with Gasteiger partial charge in [-0.1, -0.05) is 13.3 Å². The number of sulfone groups is 1. The van der Waals surface area contributed by atoms with Gasteiger partial charge in [0.1, 0.15) is 0 Å². The molecule has 0 spiro atoms. The van der Waals surface area contributed by atoms with Crippen LogP contribution in [0.4, 0.5) is 0 Å². The van der Waals surface area contributed by atoms with Crippen molar-refractivity contribution in [2.45, 2.75) is 32.7 Å². The van der Waals surface area contributed by atoms with Gasteiger partial charge in [-0.25, -0.2) is 8.42 Å². The molecule has 1 heterocycles. The fourth-order valence-electron chi connectivity index (χ4n) is 1.94. The molecule has 1 amide bonds. The Balaban J connectivity index is 2.28. The fraction of sp³-hybridized carbons (Fsp3) is 0.909. The van der Waals surface area contributed by atoms with E-state index in [-0.39, 0.29) is 23.5 Å². The van der Waals surface area contributed by atoms with Gasteiger partial charge in [0.05, 0.1) is 18.1 Å². The van der Waals surface area contributed by atoms with Crippen LogP contribution in [-0.2, 0) is 14.6 Å². The predicted molar refractivity (Wildman–Crippen MR) is 67.6 cm³/mol. The van der Waals surface area contributed by atoms with Crippen molar-refractivity contribution in [3.63, 3.8) is 0 Å². The lowest BCUT2D eigenvalue weighted by Crippen LogP contribution is -2.46. The number of hydrogen-bond donors (Lipinski definition) is 1. The lowest BCUT2D eigenvalue weighted by atomic mass is 10.2. The molecular formula is C11H22N2O3S. The van der Waals surface area contributed by atoms with Crippen LogP contribution < -0.4 is 5.32 Å². The van der Waals surface area contributed by atoms with Crippen LogP contribution in [0.25, 0.3) is 0 Å². The van der Waals surface area contributed by atoms with Crippen LogP contribution in [0.15, 0.2) is 0 Å². The maximum absolute atomic E-state index is 11.7. The summed E-state index contributed by atoms with van der Waals surface area (Å²) in [5.74, 6) is 0.334. The van der Waals surface area contributed by atoms with E-state index in [1.54, 1.807) is 0 Å². The van der Waals surface area contributed by atoms with Gasteiger partial charge in [-0.05, 0) is 13.3 Å². The standard InChI is InChI=1S/C11H22N2O3S/c1-3-4-10(2)12-11(14)9-13-5-7-17(15,16)8-6-13/h10H,3-9H2,1-2H3,(H,12,14)/t10-/m0/s1. The van der Waals surface area contributed by atoms with E-state index in [1.807, 2.05) is 11.8 Å². The van der Waals surface area contributed by atoms with Gasteiger partial charge in [0, 0.05) is 19.1 Å². The van der Waals surface area contributed by atoms with Gasteiger partial charge in [-0.15, -0.1) is 0 Å². The summed E-state index contributed by atoms with van der Waals surface area (Å²) in [6.07, 6.45) is 2.02. The van der Waals surface area contributed by atoms with Crippen molar-refractivity contribution < 1.29 is 13.2 Å². The quantitative estimate of drug-likeness (QED) is 0.758. The van der Waals surface area contributed by atoms with Crippen molar-refractivity contribution in [1.82, 2.24) is 10.2 Å². The molecule has 1 N–H and O–H groups in total. The third-order valence-corrected chi connectivity index (χ3v) is 4.54. The van der Waals surface area contributed by atoms with Crippen molar-refractivity contribution in [3.05, 3.63) is 0 Å². The number of hydrogen-bond acceptors (Lipinski definition) is 4. The molecule has 6 heteroatoms. The maximum atomic E-state index is 11.7. The molecule has 17 heavy (non-hydrogen) atoms. The van der Waals surface area contributed by atoms with Crippen molar-refractivity contribution >= 4 is 15.7 Å². The molecule has 0 saturated carbocycles. The molecule has 0 aromatic rings. The Hall–Kier alpha value is -0.620. The van der Waals surface area contributed by atoms with Gasteiger partial charge in [0.25, 0.3) is 0 Å². The molecule has 1 aliphatic heterocycles. The monoisotopic (exact) mass is 262 g/mol. The van der Waals surface area contributed by atoms with Crippen molar-refractivity contribution in [3.8, 4) is 0 Å². The van der Waals surface area contributed by atoms with E-state index in [4.69, 9.17) is 0 Å². The largest absolute Gasteiger partial charge is 0.353 e. The Bertz CT molecular complexity index is 340. The van der Waals surface area contributed by atoms with Crippen LogP contribution in [-0.4, -0.2) is 56.4 Å². The van der Waals surface area contributed by atoms with Crippen molar-refractivity contribution in [1.29, 1.82) is 0 Å². The number of carbonyl (C=O) groups is 1. The summed E-state index contributed by atoms with van der Waals surface area (Å²) in [7, 11) is -2.86. The Kier molecular flexibility index (Phi) is 5.39. The molecule has 5 nitrogen and oxygen atoms in total. The second kappa shape index (κ2) is 6.35. The van der Waals surface area contributed by atoms with Gasteiger partial charge in [-0.2, -0.15) is 0 Å². The average Bonchev–Trinajstić information content (AvgIpc) is 2.21. The van der Waals surface area contributed by atoms with E-state index in [0.717, 1.165) is 12.8 Å². The highest BCUT2D eigenvalue weighted by Gasteiger charge is 2.23. The van der Waals surface area contributed by atoms with Crippen molar-refractivity contribution in [2.75, 3.05) is 31.1 Å². The molecule has 100 valence electrons. The normalized spacial score (nSPS) is 22.0. The summed E-state index contributed by atoms with van der Waals surface area (Å²) >= 11 is 0. The zero-order chi connectivity index (χ0) is 12.9. The minimum atomic E-state index is -2.86. The molecule has 0 aromatic carbocycles. The van der Waals surface area contributed by atoms with Gasteiger partial charge < -0.3 is 5.32 Å². The third-order valence-electron chi connectivity index (χ3n) is 2.93. The van der Waals surface area contributed by atoms with Crippen LogP contribution in [0.1, 0.15) is 26.7 Å². The second-order valence-electron chi connectivity index (χ2n) is 4.69. The molecule has 0 aliphatic carbocycles. The Morgan fingerprint density at radius 3 is 2.47 bits per heavy atom. The van der Waals surface area contributed by atoms with E-state index < -0.39 is 9.84 Å². The molecule has 0 bridgehead atoms. The smallest absolute Gasteiger partial charge is 0.234 e. The third kappa shape index (κ3) is 5.50. The van der Waals surface area contributed by atoms with Crippen molar-refractivity contribution in [2.24, 2.45) is 0 Å². The summed E-state index contributed by atoms with van der Waals surface area (Å²) in [4.78, 5) is 13.6. The number of nitrogens with zero attached hydrogens (tertiary/aromatic N) is 1. The molecule has 0 radical (unpaired) electrons. The highest BCUT2D eigenvalue weighted by atomic mass is 32.2. The van der Waals surface area contributed by atoms with Gasteiger partial charge in [0.2, 0.25) is 5.91 Å². The first-order valence-electron chi connectivity index (χ1n) is 6.15. The Labute approximate surface area is 103 Å². The molecule has 0 unspecified atom stereocenters. The lowest BCUT2D eigenvalue weighted by molar-refractivity contribution is -0.122. The molecule has 1 atom stereocenters. The molecule has 1 aliphatic rings. The zero-order valence-corrected chi connectivity index (χ0v) is 11.4. The summed E-state index contributed by atoms with van der Waals surface area (Å²) in [5.41, 5.74) is 0. The maximum Gasteiger partial charge on any atom is 0.234 e. The SMILES string of the molecule is CCC[C@H](C)NC(=O)CN1CCS(=O)(=O)CC1. The van der Waals surface area contributed by atoms with Crippen LogP contribution in [0.5, 0.6) is 0 Å². The minimum absolute atomic E-state index is 0.00903. The molecule has 1 saturated heterocycles. The Morgan fingerprint density at radius 1 is 1.35 bits per heavy atom. The predicted octanol–water partition coefficient (Wildman–Crippen LogP) is 0.0216. The Morgan fingerprint density at radius 2 is 1.94 bits per heavy atom. The number of nitrogens with one attached hydrogen (secondary N) is 1. The zero-order valence-electron chi connectivity index (χ0n) is 10.6. The first-order chi connectivity index (χ1) is 7.93. The van der Waals surface area contributed by atoms with E-state index in [2.05, 4.69) is 12.2 Å². The van der Waals surface area contributed by atoms with E-state index in [1.165, 1.54) is 0 Å².